The van der Waals surface area contributed by atoms with Crippen LogP contribution in [0.2, 0.25) is 0 Å². The number of para-hydroxylation sites is 1. The van der Waals surface area contributed by atoms with Crippen molar-refractivity contribution >= 4 is 65.0 Å². The summed E-state index contributed by atoms with van der Waals surface area (Å²) in [7, 11) is 0. The van der Waals surface area contributed by atoms with Crippen LogP contribution in [0.3, 0.4) is 0 Å². The molecule has 10 aromatic rings. The van der Waals surface area contributed by atoms with Gasteiger partial charge < -0.3 is 4.42 Å². The summed E-state index contributed by atoms with van der Waals surface area (Å²) >= 11 is 0. The Balaban J connectivity index is 1.35. The van der Waals surface area contributed by atoms with Crippen molar-refractivity contribution in [2.75, 3.05) is 0 Å². The quantitative estimate of drug-likeness (QED) is 0.190. The van der Waals surface area contributed by atoms with E-state index in [1.54, 1.807) is 0 Å². The average molecular weight is 600 g/mol. The van der Waals surface area contributed by atoms with Crippen molar-refractivity contribution in [1.29, 1.82) is 0 Å². The molecule has 0 spiro atoms. The molecule has 218 valence electrons. The van der Waals surface area contributed by atoms with Crippen LogP contribution in [0.15, 0.2) is 156 Å². The Hall–Kier alpha value is -6.39. The van der Waals surface area contributed by atoms with Gasteiger partial charge in [-0.2, -0.15) is 0 Å². The van der Waals surface area contributed by atoms with Crippen LogP contribution in [-0.2, 0) is 0 Å². The van der Waals surface area contributed by atoms with Gasteiger partial charge >= 0.3 is 0 Å². The van der Waals surface area contributed by atoms with E-state index in [2.05, 4.69) is 109 Å². The molecule has 0 aliphatic carbocycles. The normalized spacial score (nSPS) is 11.8. The van der Waals surface area contributed by atoms with Gasteiger partial charge in [0, 0.05) is 32.8 Å². The Kier molecular flexibility index (Phi) is 5.54. The van der Waals surface area contributed by atoms with Gasteiger partial charge in [0.2, 0.25) is 0 Å². The van der Waals surface area contributed by atoms with E-state index < -0.39 is 0 Å². The molecule has 4 nitrogen and oxygen atoms in total. The van der Waals surface area contributed by atoms with Crippen molar-refractivity contribution in [2.45, 2.75) is 0 Å². The summed E-state index contributed by atoms with van der Waals surface area (Å²) in [5, 5.41) is 11.5. The zero-order valence-electron chi connectivity index (χ0n) is 25.2. The number of aromatic nitrogens is 3. The molecule has 0 aliphatic heterocycles. The van der Waals surface area contributed by atoms with Gasteiger partial charge in [-0.15, -0.1) is 0 Å². The van der Waals surface area contributed by atoms with Gasteiger partial charge in [-0.25, -0.2) is 15.0 Å². The number of rotatable bonds is 3. The summed E-state index contributed by atoms with van der Waals surface area (Å²) < 4.78 is 6.59. The average Bonchev–Trinajstić information content (AvgIpc) is 3.52. The summed E-state index contributed by atoms with van der Waals surface area (Å²) in [6.07, 6.45) is 0. The Bertz CT molecular complexity index is 2850. The van der Waals surface area contributed by atoms with Crippen molar-refractivity contribution < 1.29 is 4.42 Å². The minimum absolute atomic E-state index is 0.606. The fraction of sp³-hybridized carbons (Fsp3) is 0. The second kappa shape index (κ2) is 10.1. The largest absolute Gasteiger partial charge is 0.456 e. The van der Waals surface area contributed by atoms with Crippen LogP contribution in [0.5, 0.6) is 0 Å². The van der Waals surface area contributed by atoms with E-state index >= 15 is 0 Å². The molecule has 10 rings (SSSR count). The summed E-state index contributed by atoms with van der Waals surface area (Å²) in [5.41, 5.74) is 4.44. The van der Waals surface area contributed by atoms with Crippen molar-refractivity contribution in [2.24, 2.45) is 0 Å². The van der Waals surface area contributed by atoms with Gasteiger partial charge in [0.25, 0.3) is 0 Å². The zero-order valence-corrected chi connectivity index (χ0v) is 25.2. The van der Waals surface area contributed by atoms with Gasteiger partial charge in [-0.3, -0.25) is 0 Å². The van der Waals surface area contributed by atoms with E-state index in [1.807, 2.05) is 42.5 Å². The first-order valence-electron chi connectivity index (χ1n) is 15.8. The molecule has 0 atom stereocenters. The molecule has 2 aromatic heterocycles. The molecular weight excluding hydrogens is 574 g/mol. The first-order chi connectivity index (χ1) is 23.3. The predicted octanol–water partition coefficient (Wildman–Crippen LogP) is 11.4. The van der Waals surface area contributed by atoms with Crippen molar-refractivity contribution in [1.82, 2.24) is 15.0 Å². The minimum Gasteiger partial charge on any atom is -0.456 e. The Morgan fingerprint density at radius 3 is 1.85 bits per heavy atom. The number of hydrogen-bond donors (Lipinski definition) is 0. The topological polar surface area (TPSA) is 51.8 Å². The van der Waals surface area contributed by atoms with Crippen LogP contribution in [0.1, 0.15) is 0 Å². The molecule has 2 heterocycles. The van der Waals surface area contributed by atoms with Gasteiger partial charge in [-0.05, 0) is 55.9 Å². The van der Waals surface area contributed by atoms with E-state index in [9.17, 15) is 0 Å². The fourth-order valence-electron chi connectivity index (χ4n) is 7.07. The molecule has 8 aromatic carbocycles. The van der Waals surface area contributed by atoms with Crippen LogP contribution in [0, 0.1) is 0 Å². The van der Waals surface area contributed by atoms with Crippen LogP contribution in [0.4, 0.5) is 0 Å². The van der Waals surface area contributed by atoms with Crippen LogP contribution >= 0.6 is 0 Å². The van der Waals surface area contributed by atoms with E-state index in [-0.39, 0.29) is 0 Å². The second-order valence-electron chi connectivity index (χ2n) is 12.0. The van der Waals surface area contributed by atoms with Crippen molar-refractivity contribution in [3.63, 3.8) is 0 Å². The third-order valence-corrected chi connectivity index (χ3v) is 9.26. The van der Waals surface area contributed by atoms with Crippen molar-refractivity contribution in [3.05, 3.63) is 152 Å². The molecule has 0 saturated carbocycles. The van der Waals surface area contributed by atoms with Crippen LogP contribution < -0.4 is 0 Å². The first kappa shape index (κ1) is 25.9. The zero-order chi connectivity index (χ0) is 30.9. The molecule has 0 N–H and O–H groups in total. The fourth-order valence-corrected chi connectivity index (χ4v) is 7.07. The van der Waals surface area contributed by atoms with Gasteiger partial charge in [0.1, 0.15) is 11.2 Å². The maximum Gasteiger partial charge on any atom is 0.164 e. The monoisotopic (exact) mass is 599 g/mol. The number of benzene rings is 8. The SMILES string of the molecule is c1ccc(-c2nc(-c3ccc4ccccc4c3)nc(-c3cc4oc5ccccc5c4c4c3ccc3ccc5ccccc5c34)n2)cc1. The highest BCUT2D eigenvalue weighted by molar-refractivity contribution is 6.33. The van der Waals surface area contributed by atoms with Crippen LogP contribution in [-0.4, -0.2) is 15.0 Å². The van der Waals surface area contributed by atoms with E-state index in [4.69, 9.17) is 19.4 Å². The first-order valence-corrected chi connectivity index (χ1v) is 15.8. The van der Waals surface area contributed by atoms with Gasteiger partial charge in [0.05, 0.1) is 0 Å². The predicted molar refractivity (Wildman–Crippen MR) is 193 cm³/mol. The van der Waals surface area contributed by atoms with E-state index in [0.29, 0.717) is 17.5 Å². The third-order valence-electron chi connectivity index (χ3n) is 9.26. The second-order valence-corrected chi connectivity index (χ2v) is 12.0. The van der Waals surface area contributed by atoms with Gasteiger partial charge in [0.15, 0.2) is 17.5 Å². The highest BCUT2D eigenvalue weighted by Crippen LogP contribution is 2.44. The Morgan fingerprint density at radius 2 is 0.979 bits per heavy atom. The lowest BCUT2D eigenvalue weighted by Crippen LogP contribution is -2.01. The van der Waals surface area contributed by atoms with E-state index in [0.717, 1.165) is 54.8 Å². The lowest BCUT2D eigenvalue weighted by Gasteiger charge is -2.14. The summed E-state index contributed by atoms with van der Waals surface area (Å²) in [6, 6.07) is 52.7. The lowest BCUT2D eigenvalue weighted by atomic mass is 9.91. The number of hydrogen-bond acceptors (Lipinski definition) is 4. The number of furan rings is 1. The molecule has 4 heteroatoms. The summed E-state index contributed by atoms with van der Waals surface area (Å²) in [6.45, 7) is 0. The molecule has 0 amide bonds. The summed E-state index contributed by atoms with van der Waals surface area (Å²) in [5.74, 6) is 1.86. The smallest absolute Gasteiger partial charge is 0.164 e. The highest BCUT2D eigenvalue weighted by atomic mass is 16.3. The molecule has 0 fully saturated rings. The third kappa shape index (κ3) is 4.05. The molecule has 0 aliphatic rings. The minimum atomic E-state index is 0.606. The van der Waals surface area contributed by atoms with Crippen LogP contribution in [0.25, 0.3) is 99.2 Å². The molecular formula is C43H25N3O. The number of nitrogens with zero attached hydrogens (tertiary/aromatic N) is 3. The maximum atomic E-state index is 6.59. The molecule has 0 unspecified atom stereocenters. The summed E-state index contributed by atoms with van der Waals surface area (Å²) in [4.78, 5) is 15.4. The number of fused-ring (bicyclic) bond motifs is 10. The molecule has 0 bridgehead atoms. The Labute approximate surface area is 269 Å². The van der Waals surface area contributed by atoms with Gasteiger partial charge in [-0.1, -0.05) is 133 Å². The molecule has 47 heavy (non-hydrogen) atoms. The molecule has 0 radical (unpaired) electrons. The van der Waals surface area contributed by atoms with E-state index in [1.165, 1.54) is 26.9 Å². The van der Waals surface area contributed by atoms with Crippen molar-refractivity contribution in [3.8, 4) is 34.2 Å². The highest BCUT2D eigenvalue weighted by Gasteiger charge is 2.21. The molecule has 0 saturated heterocycles. The maximum absolute atomic E-state index is 6.59. The lowest BCUT2D eigenvalue weighted by molar-refractivity contribution is 0.669. The Morgan fingerprint density at radius 1 is 0.340 bits per heavy atom. The standard InChI is InChI=1S/C43H25N3O/c1-2-12-29(13-3-1)41-44-42(31-21-18-26-10-4-5-14-30(26)24-31)46-43(45-41)35-25-37-39(34-16-8-9-17-36(34)47-37)40-33(35)23-22-28-20-19-27-11-6-7-15-32(27)38(28)40/h1-25H.